The van der Waals surface area contributed by atoms with Crippen molar-refractivity contribution in [2.24, 2.45) is 0 Å². The number of H-pyrrole nitrogens is 1. The van der Waals surface area contributed by atoms with Crippen LogP contribution in [0.25, 0.3) is 27.4 Å². The molecule has 0 unspecified atom stereocenters. The molecule has 0 spiro atoms. The average molecular weight is 489 g/mol. The second-order valence-electron chi connectivity index (χ2n) is 7.33. The largest absolute Gasteiger partial charge is 0.417 e. The standard InChI is InChI=1S/C21H15F3N6OS2/c1-10-6-11(2)30-8-12(26-19(30)25-10)9-33-20-28-17-16(18(31)29-20)13(21(22,23)24)7-14(27-17)15-4-3-5-32-15/h3-8H,9H2,1-2H3,(H,27,28,29,31). The lowest BCUT2D eigenvalue weighted by Gasteiger charge is -2.11. The van der Waals surface area contributed by atoms with Gasteiger partial charge in [-0.25, -0.2) is 19.9 Å². The van der Waals surface area contributed by atoms with Gasteiger partial charge >= 0.3 is 6.18 Å². The highest BCUT2D eigenvalue weighted by atomic mass is 32.2. The summed E-state index contributed by atoms with van der Waals surface area (Å²) in [5.74, 6) is 0.896. The molecular formula is C21H15F3N6OS2. The molecule has 33 heavy (non-hydrogen) atoms. The molecule has 0 aromatic carbocycles. The number of rotatable bonds is 4. The van der Waals surface area contributed by atoms with Gasteiger partial charge in [0.05, 0.1) is 27.2 Å². The summed E-state index contributed by atoms with van der Waals surface area (Å²) in [5.41, 5.74) is 0.447. The lowest BCUT2D eigenvalue weighted by molar-refractivity contribution is -0.136. The number of hydrogen-bond donors (Lipinski definition) is 1. The zero-order valence-electron chi connectivity index (χ0n) is 17.3. The Morgan fingerprint density at radius 1 is 1.15 bits per heavy atom. The molecule has 5 rings (SSSR count). The van der Waals surface area contributed by atoms with Gasteiger partial charge in [0.15, 0.2) is 10.8 Å². The fourth-order valence-electron chi connectivity index (χ4n) is 3.49. The van der Waals surface area contributed by atoms with E-state index in [1.54, 1.807) is 17.5 Å². The van der Waals surface area contributed by atoms with Crippen LogP contribution in [0.3, 0.4) is 0 Å². The number of thioether (sulfide) groups is 1. The first-order chi connectivity index (χ1) is 15.7. The molecule has 12 heteroatoms. The summed E-state index contributed by atoms with van der Waals surface area (Å²) in [6, 6.07) is 6.22. The van der Waals surface area contributed by atoms with Crippen LogP contribution >= 0.6 is 23.1 Å². The number of nitrogens with zero attached hydrogens (tertiary/aromatic N) is 5. The van der Waals surface area contributed by atoms with E-state index in [0.717, 1.165) is 29.2 Å². The lowest BCUT2D eigenvalue weighted by Crippen LogP contribution is -2.17. The molecule has 0 bridgehead atoms. The van der Waals surface area contributed by atoms with Crippen molar-refractivity contribution in [3.8, 4) is 10.6 Å². The molecule has 0 radical (unpaired) electrons. The summed E-state index contributed by atoms with van der Waals surface area (Å²) in [5, 5.41) is 1.33. The number of thiophene rings is 1. The van der Waals surface area contributed by atoms with E-state index in [2.05, 4.69) is 24.9 Å². The van der Waals surface area contributed by atoms with Gasteiger partial charge in [-0.1, -0.05) is 17.8 Å². The molecule has 0 aliphatic heterocycles. The van der Waals surface area contributed by atoms with Gasteiger partial charge in [0.2, 0.25) is 5.78 Å². The van der Waals surface area contributed by atoms with Crippen molar-refractivity contribution in [3.63, 3.8) is 0 Å². The van der Waals surface area contributed by atoms with Crippen molar-refractivity contribution in [2.75, 3.05) is 0 Å². The van der Waals surface area contributed by atoms with Crippen molar-refractivity contribution in [2.45, 2.75) is 30.9 Å². The maximum Gasteiger partial charge on any atom is 0.417 e. The van der Waals surface area contributed by atoms with E-state index in [1.807, 2.05) is 30.5 Å². The number of aryl methyl sites for hydroxylation is 2. The van der Waals surface area contributed by atoms with E-state index in [4.69, 9.17) is 0 Å². The number of aromatic nitrogens is 6. The Hall–Kier alpha value is -3.25. The number of pyridine rings is 1. The van der Waals surface area contributed by atoms with Crippen LogP contribution in [-0.4, -0.2) is 29.3 Å². The van der Waals surface area contributed by atoms with E-state index in [9.17, 15) is 18.0 Å². The molecule has 0 saturated heterocycles. The maximum atomic E-state index is 13.7. The van der Waals surface area contributed by atoms with Gasteiger partial charge in [-0.05, 0) is 37.4 Å². The van der Waals surface area contributed by atoms with Crippen LogP contribution in [0.4, 0.5) is 13.2 Å². The fourth-order valence-corrected chi connectivity index (χ4v) is 4.92. The third-order valence-electron chi connectivity index (χ3n) is 4.90. The Morgan fingerprint density at radius 3 is 2.70 bits per heavy atom. The van der Waals surface area contributed by atoms with Gasteiger partial charge in [0.25, 0.3) is 5.56 Å². The van der Waals surface area contributed by atoms with Crippen molar-refractivity contribution in [1.29, 1.82) is 0 Å². The zero-order valence-corrected chi connectivity index (χ0v) is 18.9. The van der Waals surface area contributed by atoms with Crippen molar-refractivity contribution in [1.82, 2.24) is 29.3 Å². The SMILES string of the molecule is Cc1cc(C)n2cc(CSc3nc4nc(-c5cccs5)cc(C(F)(F)F)c4c(=O)[nH]3)nc2n1. The van der Waals surface area contributed by atoms with Crippen molar-refractivity contribution < 1.29 is 13.2 Å². The summed E-state index contributed by atoms with van der Waals surface area (Å²) in [6.45, 7) is 3.82. The van der Waals surface area contributed by atoms with Gasteiger partial charge < -0.3 is 4.98 Å². The number of imidazole rings is 1. The smallest absolute Gasteiger partial charge is 0.301 e. The zero-order chi connectivity index (χ0) is 23.3. The van der Waals surface area contributed by atoms with E-state index >= 15 is 0 Å². The Labute approximate surface area is 192 Å². The van der Waals surface area contributed by atoms with Gasteiger partial charge in [-0.2, -0.15) is 13.2 Å². The summed E-state index contributed by atoms with van der Waals surface area (Å²) in [6.07, 6.45) is -2.89. The van der Waals surface area contributed by atoms with Crippen LogP contribution in [-0.2, 0) is 11.9 Å². The lowest BCUT2D eigenvalue weighted by atomic mass is 10.1. The predicted molar refractivity (Wildman–Crippen MR) is 120 cm³/mol. The molecule has 0 fully saturated rings. The minimum atomic E-state index is -4.73. The third kappa shape index (κ3) is 4.11. The molecule has 5 aromatic heterocycles. The summed E-state index contributed by atoms with van der Waals surface area (Å²) < 4.78 is 43.0. The molecule has 1 N–H and O–H groups in total. The number of halogens is 3. The van der Waals surface area contributed by atoms with Crippen molar-refractivity contribution >= 4 is 39.9 Å². The fraction of sp³-hybridized carbons (Fsp3) is 0.190. The van der Waals surface area contributed by atoms with Crippen molar-refractivity contribution in [3.05, 3.63) is 68.8 Å². The Balaban J connectivity index is 1.54. The Morgan fingerprint density at radius 2 is 1.97 bits per heavy atom. The van der Waals surface area contributed by atoms with Crippen LogP contribution in [0.5, 0.6) is 0 Å². The highest BCUT2D eigenvalue weighted by Gasteiger charge is 2.35. The van der Waals surface area contributed by atoms with Crippen LogP contribution in [0.1, 0.15) is 22.6 Å². The van der Waals surface area contributed by atoms with Crippen LogP contribution < -0.4 is 5.56 Å². The second-order valence-corrected chi connectivity index (χ2v) is 9.24. The molecule has 0 atom stereocenters. The number of nitrogens with one attached hydrogen (secondary N) is 1. The molecule has 0 aliphatic carbocycles. The minimum Gasteiger partial charge on any atom is -0.301 e. The average Bonchev–Trinajstić information content (AvgIpc) is 3.41. The first kappa shape index (κ1) is 21.6. The number of alkyl halides is 3. The number of fused-ring (bicyclic) bond motifs is 2. The highest BCUT2D eigenvalue weighted by Crippen LogP contribution is 2.36. The van der Waals surface area contributed by atoms with Gasteiger partial charge in [0.1, 0.15) is 0 Å². The monoisotopic (exact) mass is 488 g/mol. The summed E-state index contributed by atoms with van der Waals surface area (Å²) in [4.78, 5) is 33.0. The first-order valence-electron chi connectivity index (χ1n) is 9.70. The third-order valence-corrected chi connectivity index (χ3v) is 6.70. The molecule has 0 aliphatic rings. The van der Waals surface area contributed by atoms with E-state index in [-0.39, 0.29) is 16.5 Å². The molecule has 5 aromatic rings. The number of aromatic amines is 1. The molecule has 0 saturated carbocycles. The Kier molecular flexibility index (Phi) is 5.20. The Bertz CT molecular complexity index is 1560. The summed E-state index contributed by atoms with van der Waals surface area (Å²) >= 11 is 2.41. The molecule has 168 valence electrons. The van der Waals surface area contributed by atoms with Gasteiger partial charge in [0, 0.05) is 23.3 Å². The first-order valence-corrected chi connectivity index (χ1v) is 11.6. The molecule has 7 nitrogen and oxygen atoms in total. The van der Waals surface area contributed by atoms with Gasteiger partial charge in [-0.3, -0.25) is 9.20 Å². The van der Waals surface area contributed by atoms with Crippen LogP contribution in [0.2, 0.25) is 0 Å². The quantitative estimate of drug-likeness (QED) is 0.282. The van der Waals surface area contributed by atoms with Crippen LogP contribution in [0, 0.1) is 13.8 Å². The second kappa shape index (κ2) is 7.96. The maximum absolute atomic E-state index is 13.7. The predicted octanol–water partition coefficient (Wildman–Crippen LogP) is 5.02. The van der Waals surface area contributed by atoms with E-state index in [1.165, 1.54) is 11.3 Å². The highest BCUT2D eigenvalue weighted by molar-refractivity contribution is 7.98. The summed E-state index contributed by atoms with van der Waals surface area (Å²) in [7, 11) is 0. The molecule has 5 heterocycles. The molecular weight excluding hydrogens is 473 g/mol. The van der Waals surface area contributed by atoms with E-state index < -0.39 is 22.7 Å². The molecule has 0 amide bonds. The normalized spacial score (nSPS) is 12.2. The van der Waals surface area contributed by atoms with E-state index in [0.29, 0.717) is 22.1 Å². The van der Waals surface area contributed by atoms with Gasteiger partial charge in [-0.15, -0.1) is 11.3 Å². The topological polar surface area (TPSA) is 88.8 Å². The minimum absolute atomic E-state index is 0.121. The van der Waals surface area contributed by atoms with Crippen LogP contribution in [0.15, 0.2) is 45.8 Å². The number of hydrogen-bond acceptors (Lipinski definition) is 7.